The van der Waals surface area contributed by atoms with E-state index < -0.39 is 0 Å². The molecule has 2 amide bonds. The van der Waals surface area contributed by atoms with E-state index in [9.17, 15) is 9.59 Å². The molecule has 2 fully saturated rings. The van der Waals surface area contributed by atoms with E-state index in [2.05, 4.69) is 10.2 Å². The van der Waals surface area contributed by atoms with E-state index in [1.54, 1.807) is 6.92 Å². The number of morpholine rings is 1. The van der Waals surface area contributed by atoms with Crippen molar-refractivity contribution in [2.24, 2.45) is 0 Å². The summed E-state index contributed by atoms with van der Waals surface area (Å²) < 4.78 is 10.2. The molecule has 0 aromatic rings. The van der Waals surface area contributed by atoms with Crippen LogP contribution in [-0.4, -0.2) is 80.4 Å². The fraction of sp³-hybridized carbons (Fsp3) is 0.867. The maximum Gasteiger partial charge on any atom is 0.317 e. The number of carbonyl (C=O) groups is 2. The Hall–Kier alpha value is -1.34. The third-order valence-electron chi connectivity index (χ3n) is 4.16. The Labute approximate surface area is 131 Å². The van der Waals surface area contributed by atoms with Crippen LogP contribution in [0.5, 0.6) is 0 Å². The fourth-order valence-electron chi connectivity index (χ4n) is 3.00. The number of urea groups is 1. The van der Waals surface area contributed by atoms with E-state index in [4.69, 9.17) is 9.47 Å². The molecule has 7 nitrogen and oxygen atoms in total. The van der Waals surface area contributed by atoms with Crippen LogP contribution >= 0.6 is 0 Å². The summed E-state index contributed by atoms with van der Waals surface area (Å²) in [4.78, 5) is 27.7. The number of nitrogens with zero attached hydrogens (tertiary/aromatic N) is 2. The van der Waals surface area contributed by atoms with Crippen molar-refractivity contribution in [1.29, 1.82) is 0 Å². The Morgan fingerprint density at radius 3 is 2.77 bits per heavy atom. The second-order valence-electron chi connectivity index (χ2n) is 5.68. The molecule has 22 heavy (non-hydrogen) atoms. The van der Waals surface area contributed by atoms with Crippen LogP contribution < -0.4 is 5.32 Å². The zero-order valence-corrected chi connectivity index (χ0v) is 13.4. The van der Waals surface area contributed by atoms with Gasteiger partial charge in [-0.2, -0.15) is 0 Å². The normalized spacial score (nSPS) is 23.1. The summed E-state index contributed by atoms with van der Waals surface area (Å²) >= 11 is 0. The molecule has 0 spiro atoms. The van der Waals surface area contributed by atoms with E-state index in [0.29, 0.717) is 19.2 Å². The Morgan fingerprint density at radius 2 is 2.05 bits per heavy atom. The predicted molar refractivity (Wildman–Crippen MR) is 81.6 cm³/mol. The molecule has 7 heteroatoms. The van der Waals surface area contributed by atoms with E-state index in [0.717, 1.165) is 52.2 Å². The monoisotopic (exact) mass is 313 g/mol. The highest BCUT2D eigenvalue weighted by Gasteiger charge is 2.28. The van der Waals surface area contributed by atoms with Gasteiger partial charge in [0.05, 0.1) is 26.2 Å². The molecule has 0 saturated carbocycles. The number of nitrogens with one attached hydrogen (secondary N) is 1. The van der Waals surface area contributed by atoms with Crippen molar-refractivity contribution in [1.82, 2.24) is 15.1 Å². The first kappa shape index (κ1) is 17.0. The van der Waals surface area contributed by atoms with Crippen molar-refractivity contribution in [3.63, 3.8) is 0 Å². The smallest absolute Gasteiger partial charge is 0.317 e. The van der Waals surface area contributed by atoms with E-state index >= 15 is 0 Å². The number of piperidine rings is 1. The van der Waals surface area contributed by atoms with Gasteiger partial charge in [-0.15, -0.1) is 0 Å². The van der Waals surface area contributed by atoms with Gasteiger partial charge in [0.1, 0.15) is 0 Å². The van der Waals surface area contributed by atoms with Crippen LogP contribution in [0.25, 0.3) is 0 Å². The Morgan fingerprint density at radius 1 is 1.27 bits per heavy atom. The molecule has 2 rings (SSSR count). The SMILES string of the molecule is CCOC(=O)CCNC(=O)N1CCCC(N2CCOCC2)C1. The van der Waals surface area contributed by atoms with Gasteiger partial charge in [0.15, 0.2) is 0 Å². The Kier molecular flexibility index (Phi) is 6.92. The summed E-state index contributed by atoms with van der Waals surface area (Å²) in [5, 5.41) is 2.81. The lowest BCUT2D eigenvalue weighted by atomic mass is 10.0. The molecule has 0 aromatic heterocycles. The average Bonchev–Trinajstić information content (AvgIpc) is 2.56. The molecule has 126 valence electrons. The van der Waals surface area contributed by atoms with Gasteiger partial charge in [0, 0.05) is 38.8 Å². The highest BCUT2D eigenvalue weighted by molar-refractivity contribution is 5.75. The molecule has 2 aliphatic heterocycles. The van der Waals surface area contributed by atoms with E-state index in [1.807, 2.05) is 4.90 Å². The Balaban J connectivity index is 1.71. The minimum absolute atomic E-state index is 0.0812. The van der Waals surface area contributed by atoms with Crippen molar-refractivity contribution >= 4 is 12.0 Å². The second kappa shape index (κ2) is 8.95. The quantitative estimate of drug-likeness (QED) is 0.746. The van der Waals surface area contributed by atoms with Gasteiger partial charge in [-0.1, -0.05) is 0 Å². The van der Waals surface area contributed by atoms with Crippen molar-refractivity contribution in [2.75, 3.05) is 52.5 Å². The van der Waals surface area contributed by atoms with Gasteiger partial charge in [-0.3, -0.25) is 9.69 Å². The van der Waals surface area contributed by atoms with Crippen LogP contribution in [0, 0.1) is 0 Å². The second-order valence-corrected chi connectivity index (χ2v) is 5.68. The molecule has 0 aromatic carbocycles. The van der Waals surface area contributed by atoms with Crippen molar-refractivity contribution in [3.05, 3.63) is 0 Å². The summed E-state index contributed by atoms with van der Waals surface area (Å²) in [6, 6.07) is 0.343. The molecule has 0 aliphatic carbocycles. The van der Waals surface area contributed by atoms with Crippen LogP contribution in [-0.2, 0) is 14.3 Å². The molecule has 0 bridgehead atoms. The first-order chi connectivity index (χ1) is 10.7. The number of rotatable bonds is 5. The number of ether oxygens (including phenoxy) is 2. The summed E-state index contributed by atoms with van der Waals surface area (Å²) in [5.74, 6) is -0.271. The van der Waals surface area contributed by atoms with Crippen LogP contribution in [0.15, 0.2) is 0 Å². The number of hydrogen-bond acceptors (Lipinski definition) is 5. The maximum atomic E-state index is 12.2. The van der Waals surface area contributed by atoms with Crippen LogP contribution in [0.1, 0.15) is 26.2 Å². The molecule has 2 saturated heterocycles. The highest BCUT2D eigenvalue weighted by atomic mass is 16.5. The zero-order valence-electron chi connectivity index (χ0n) is 13.4. The van der Waals surface area contributed by atoms with Crippen LogP contribution in [0.4, 0.5) is 4.79 Å². The van der Waals surface area contributed by atoms with Crippen molar-refractivity contribution in [3.8, 4) is 0 Å². The average molecular weight is 313 g/mol. The molecule has 1 N–H and O–H groups in total. The lowest BCUT2D eigenvalue weighted by Crippen LogP contribution is -2.54. The lowest BCUT2D eigenvalue weighted by Gasteiger charge is -2.40. The van der Waals surface area contributed by atoms with E-state index in [-0.39, 0.29) is 18.4 Å². The van der Waals surface area contributed by atoms with Crippen LogP contribution in [0.3, 0.4) is 0 Å². The van der Waals surface area contributed by atoms with Crippen LogP contribution in [0.2, 0.25) is 0 Å². The zero-order chi connectivity index (χ0) is 15.8. The summed E-state index contributed by atoms with van der Waals surface area (Å²) in [6.07, 6.45) is 2.38. The maximum absolute atomic E-state index is 12.2. The number of likely N-dealkylation sites (tertiary alicyclic amines) is 1. The summed E-state index contributed by atoms with van der Waals surface area (Å²) in [5.41, 5.74) is 0. The largest absolute Gasteiger partial charge is 0.466 e. The molecule has 0 radical (unpaired) electrons. The highest BCUT2D eigenvalue weighted by Crippen LogP contribution is 2.17. The predicted octanol–water partition coefficient (Wildman–Crippen LogP) is 0.446. The van der Waals surface area contributed by atoms with E-state index in [1.165, 1.54) is 0 Å². The molecule has 2 aliphatic rings. The molecular formula is C15H27N3O4. The summed E-state index contributed by atoms with van der Waals surface area (Å²) in [6.45, 7) is 7.47. The summed E-state index contributed by atoms with van der Waals surface area (Å²) in [7, 11) is 0. The molecular weight excluding hydrogens is 286 g/mol. The molecule has 1 unspecified atom stereocenters. The van der Waals surface area contributed by atoms with Crippen molar-refractivity contribution < 1.29 is 19.1 Å². The fourth-order valence-corrected chi connectivity index (χ4v) is 3.00. The van der Waals surface area contributed by atoms with Gasteiger partial charge in [0.2, 0.25) is 0 Å². The minimum atomic E-state index is -0.271. The van der Waals surface area contributed by atoms with Crippen molar-refractivity contribution in [2.45, 2.75) is 32.2 Å². The lowest BCUT2D eigenvalue weighted by molar-refractivity contribution is -0.142. The number of carbonyl (C=O) groups excluding carboxylic acids is 2. The number of esters is 1. The van der Waals surface area contributed by atoms with Gasteiger partial charge >= 0.3 is 12.0 Å². The molecule has 1 atom stereocenters. The van der Waals surface area contributed by atoms with Gasteiger partial charge < -0.3 is 19.7 Å². The number of amides is 2. The standard InChI is InChI=1S/C15H27N3O4/c1-2-22-14(19)5-6-16-15(20)18-7-3-4-13(12-18)17-8-10-21-11-9-17/h13H,2-12H2,1H3,(H,16,20). The third-order valence-corrected chi connectivity index (χ3v) is 4.16. The topological polar surface area (TPSA) is 71.1 Å². The first-order valence-corrected chi connectivity index (χ1v) is 8.21. The minimum Gasteiger partial charge on any atom is -0.466 e. The van der Waals surface area contributed by atoms with Gasteiger partial charge in [0.25, 0.3) is 0 Å². The molecule has 2 heterocycles. The third kappa shape index (κ3) is 5.14. The number of hydrogen-bond donors (Lipinski definition) is 1. The van der Waals surface area contributed by atoms with Gasteiger partial charge in [-0.05, 0) is 19.8 Å². The Bertz CT molecular complexity index is 372. The first-order valence-electron chi connectivity index (χ1n) is 8.21. The van der Waals surface area contributed by atoms with Gasteiger partial charge in [-0.25, -0.2) is 4.79 Å².